The molecule has 496 valence electrons. The molecule has 2 unspecified atom stereocenters. The van der Waals surface area contributed by atoms with E-state index in [0.29, 0.717) is 77.9 Å². The van der Waals surface area contributed by atoms with Crippen LogP contribution in [0.25, 0.3) is 22.3 Å². The Morgan fingerprint density at radius 2 is 1.02 bits per heavy atom. The highest BCUT2D eigenvalue weighted by Gasteiger charge is 2.45. The summed E-state index contributed by atoms with van der Waals surface area (Å²) in [5, 5.41) is 38.4. The fraction of sp³-hybridized carbons (Fsp3) is 0.292. The molecule has 2 aromatic heterocycles. The monoisotopic (exact) mass is 1350 g/mol. The van der Waals surface area contributed by atoms with Gasteiger partial charge in [0.15, 0.2) is 0 Å². The first kappa shape index (κ1) is 67.7. The standard InChI is InChI=1S/C36H32ClFN6O5.C36H34ClFN6O4/c1-19-6-7-22(33-20(2)42-49-21(33)3)14-31(19)43(24-9-8-23(18-39)27(37)15-24)13-5-4-12-40-29-17-26-25(16-28(29)38)35(47)44(36(26)48)30-10-11-32(45)41-34(30)46;1-20-6-7-23(34-21(2)42-48-22(34)3)15-32(20)43(26-9-8-24(18-39)28(37)16-26)13-5-4-12-40-30-14-25-19-44(36(47)27(25)17-29(30)38)31-10-11-33(45)41-35(31)46/h6-9,14-17,30,40H,4-5,10-13H2,1-3H3,(H,41,45,46);6-9,14-17,31,40H,4-5,10-13,19H2,1-3H3,(H,41,45,46). The van der Waals surface area contributed by atoms with Gasteiger partial charge in [-0.1, -0.05) is 57.8 Å². The molecule has 7 amide bonds. The first-order valence-electron chi connectivity index (χ1n) is 31.6. The molecule has 97 heavy (non-hydrogen) atoms. The molecular formula is C72H66Cl2F2N12O9. The number of aromatic nitrogens is 2. The topological polar surface area (TPSA) is 280 Å². The van der Waals surface area contributed by atoms with E-state index in [1.165, 1.54) is 17.0 Å². The number of carbonyl (C=O) groups is 7. The smallest absolute Gasteiger partial charge is 0.262 e. The van der Waals surface area contributed by atoms with Gasteiger partial charge in [0, 0.05) is 85.0 Å². The van der Waals surface area contributed by atoms with Crippen LogP contribution in [0.15, 0.2) is 106 Å². The van der Waals surface area contributed by atoms with Crippen molar-refractivity contribution in [3.63, 3.8) is 0 Å². The van der Waals surface area contributed by atoms with E-state index >= 15 is 8.78 Å². The quantitative estimate of drug-likeness (QED) is 0.0407. The number of carbonyl (C=O) groups excluding carboxylic acids is 7. The number of unbranched alkanes of at least 4 members (excludes halogenated alkanes) is 2. The van der Waals surface area contributed by atoms with Crippen LogP contribution in [-0.4, -0.2) is 99.7 Å². The molecule has 8 aromatic rings. The Morgan fingerprint density at radius 1 is 0.567 bits per heavy atom. The van der Waals surface area contributed by atoms with Crippen LogP contribution in [0.3, 0.4) is 0 Å². The molecule has 4 N–H and O–H groups in total. The van der Waals surface area contributed by atoms with Crippen molar-refractivity contribution in [3.05, 3.63) is 186 Å². The van der Waals surface area contributed by atoms with Gasteiger partial charge in [-0.25, -0.2) is 8.78 Å². The molecule has 12 rings (SSSR count). The third-order valence-corrected chi connectivity index (χ3v) is 18.4. The Balaban J connectivity index is 0.000000197. The molecule has 6 heterocycles. The van der Waals surface area contributed by atoms with Gasteiger partial charge in [0.25, 0.3) is 17.7 Å². The largest absolute Gasteiger partial charge is 0.383 e. The van der Waals surface area contributed by atoms with E-state index in [2.05, 4.69) is 71.7 Å². The van der Waals surface area contributed by atoms with Gasteiger partial charge in [0.1, 0.15) is 47.4 Å². The zero-order valence-electron chi connectivity index (χ0n) is 53.8. The molecule has 25 heteroatoms. The molecule has 21 nitrogen and oxygen atoms in total. The second-order valence-electron chi connectivity index (χ2n) is 24.2. The van der Waals surface area contributed by atoms with Gasteiger partial charge in [-0.05, 0) is 181 Å². The molecular weight excluding hydrogens is 1290 g/mol. The minimum absolute atomic E-state index is 0.00359. The van der Waals surface area contributed by atoms with Crippen molar-refractivity contribution >= 4 is 98.7 Å². The van der Waals surface area contributed by atoms with Crippen molar-refractivity contribution in [2.24, 2.45) is 0 Å². The van der Waals surface area contributed by atoms with Crippen molar-refractivity contribution in [1.29, 1.82) is 10.5 Å². The van der Waals surface area contributed by atoms with Crippen LogP contribution in [0.1, 0.15) is 133 Å². The second-order valence-corrected chi connectivity index (χ2v) is 25.1. The predicted octanol–water partition coefficient (Wildman–Crippen LogP) is 13.1. The zero-order chi connectivity index (χ0) is 69.1. The normalized spacial score (nSPS) is 15.7. The first-order chi connectivity index (χ1) is 46.5. The minimum Gasteiger partial charge on any atom is -0.383 e. The molecule has 4 aliphatic rings. The summed E-state index contributed by atoms with van der Waals surface area (Å²) < 4.78 is 41.1. The summed E-state index contributed by atoms with van der Waals surface area (Å²) in [5.74, 6) is -3.77. The number of imide groups is 3. The van der Waals surface area contributed by atoms with Gasteiger partial charge in [-0.3, -0.25) is 49.1 Å². The van der Waals surface area contributed by atoms with Crippen molar-refractivity contribution < 1.29 is 51.4 Å². The Hall–Kier alpha value is -10.8. The summed E-state index contributed by atoms with van der Waals surface area (Å²) in [6.45, 7) is 13.8. The van der Waals surface area contributed by atoms with E-state index in [4.69, 9.17) is 32.2 Å². The maximum Gasteiger partial charge on any atom is 0.262 e. The van der Waals surface area contributed by atoms with Gasteiger partial charge in [0.05, 0.1) is 55.1 Å². The molecule has 0 aliphatic carbocycles. The van der Waals surface area contributed by atoms with E-state index in [-0.39, 0.29) is 66.2 Å². The molecule has 2 atom stereocenters. The maximum absolute atomic E-state index is 15.2. The predicted molar refractivity (Wildman–Crippen MR) is 360 cm³/mol. The summed E-state index contributed by atoms with van der Waals surface area (Å²) in [6, 6.07) is 30.5. The second kappa shape index (κ2) is 28.7. The lowest BCUT2D eigenvalue weighted by molar-refractivity contribution is -0.138. The Bertz CT molecular complexity index is 4590. The fourth-order valence-electron chi connectivity index (χ4n) is 12.8. The van der Waals surface area contributed by atoms with Gasteiger partial charge >= 0.3 is 0 Å². The van der Waals surface area contributed by atoms with Gasteiger partial charge in [-0.2, -0.15) is 10.5 Å². The average molecular weight is 1350 g/mol. The number of benzene rings is 6. The maximum atomic E-state index is 15.2. The molecule has 0 radical (unpaired) electrons. The number of anilines is 6. The molecule has 2 fully saturated rings. The van der Waals surface area contributed by atoms with E-state index in [9.17, 15) is 44.1 Å². The zero-order valence-corrected chi connectivity index (χ0v) is 55.4. The van der Waals surface area contributed by atoms with Gasteiger partial charge in [-0.15, -0.1) is 0 Å². The Kier molecular flexibility index (Phi) is 20.0. The highest BCUT2D eigenvalue weighted by atomic mass is 35.5. The fourth-order valence-corrected chi connectivity index (χ4v) is 13.2. The number of piperidine rings is 2. The van der Waals surface area contributed by atoms with Gasteiger partial charge < -0.3 is 34.4 Å². The lowest BCUT2D eigenvalue weighted by Gasteiger charge is -2.29. The van der Waals surface area contributed by atoms with Crippen LogP contribution >= 0.6 is 23.2 Å². The number of nitrogens with one attached hydrogen (secondary N) is 4. The summed E-state index contributed by atoms with van der Waals surface area (Å²) in [5.41, 5.74) is 12.8. The highest BCUT2D eigenvalue weighted by Crippen LogP contribution is 2.40. The molecule has 0 bridgehead atoms. The van der Waals surface area contributed by atoms with Gasteiger partial charge in [0.2, 0.25) is 23.6 Å². The third kappa shape index (κ3) is 14.0. The number of hydrogen-bond acceptors (Lipinski definition) is 17. The number of rotatable bonds is 20. The number of amides is 7. The number of fused-ring (bicyclic) bond motifs is 2. The van der Waals surface area contributed by atoms with E-state index in [1.807, 2.05) is 71.9 Å². The molecule has 0 saturated carbocycles. The lowest BCUT2D eigenvalue weighted by atomic mass is 10.0. The number of nitriles is 2. The number of nitrogens with zero attached hydrogens (tertiary/aromatic N) is 8. The summed E-state index contributed by atoms with van der Waals surface area (Å²) in [7, 11) is 0. The summed E-state index contributed by atoms with van der Waals surface area (Å²) in [4.78, 5) is 93.6. The van der Waals surface area contributed by atoms with Crippen LogP contribution in [0.5, 0.6) is 0 Å². The average Bonchev–Trinajstić information content (AvgIpc) is 1.63. The van der Waals surface area contributed by atoms with E-state index in [0.717, 1.165) is 90.7 Å². The van der Waals surface area contributed by atoms with E-state index < -0.39 is 59.2 Å². The number of aryl methyl sites for hydroxylation is 6. The first-order valence-corrected chi connectivity index (χ1v) is 32.3. The minimum atomic E-state index is -1.13. The van der Waals surface area contributed by atoms with Crippen molar-refractivity contribution in [3.8, 4) is 34.4 Å². The number of hydrogen-bond donors (Lipinski definition) is 4. The summed E-state index contributed by atoms with van der Waals surface area (Å²) in [6.07, 6.45) is 3.09. The van der Waals surface area contributed by atoms with Crippen molar-refractivity contribution in [1.82, 2.24) is 30.7 Å². The van der Waals surface area contributed by atoms with Crippen molar-refractivity contribution in [2.45, 2.75) is 112 Å². The van der Waals surface area contributed by atoms with Crippen molar-refractivity contribution in [2.75, 3.05) is 46.6 Å². The highest BCUT2D eigenvalue weighted by molar-refractivity contribution is 6.32. The lowest BCUT2D eigenvalue weighted by Crippen LogP contribution is -2.54. The van der Waals surface area contributed by atoms with Crippen LogP contribution in [0.4, 0.5) is 42.9 Å². The molecule has 6 aromatic carbocycles. The van der Waals surface area contributed by atoms with Crippen LogP contribution in [0.2, 0.25) is 10.0 Å². The van der Waals surface area contributed by atoms with Crippen LogP contribution in [0, 0.1) is 75.8 Å². The Morgan fingerprint density at radius 3 is 1.46 bits per heavy atom. The molecule has 0 spiro atoms. The van der Waals surface area contributed by atoms with Crippen LogP contribution in [-0.2, 0) is 25.7 Å². The third-order valence-electron chi connectivity index (χ3n) is 17.8. The molecule has 2 saturated heterocycles. The van der Waals surface area contributed by atoms with E-state index in [1.54, 1.807) is 30.3 Å². The Labute approximate surface area is 567 Å². The SMILES string of the molecule is Cc1ccc(-c2c(C)noc2C)cc1N(CCCCNc1cc2c(cc1F)C(=O)N(C1CCC(=O)NC1=O)C2)c1ccc(C#N)c(Cl)c1.Cc1ccc(-c2c(C)noc2C)cc1N(CCCCNc1cc2c(cc1F)C(=O)N(C1CCC(=O)NC1=O)C2=O)c1ccc(C#N)c(Cl)c1. The molecule has 4 aliphatic heterocycles. The number of halogens is 4. The summed E-state index contributed by atoms with van der Waals surface area (Å²) >= 11 is 12.9. The van der Waals surface area contributed by atoms with Crippen LogP contribution < -0.4 is 31.1 Å².